The first-order valence-electron chi connectivity index (χ1n) is 6.67. The van der Waals surface area contributed by atoms with Crippen molar-refractivity contribution in [1.29, 1.82) is 0 Å². The van der Waals surface area contributed by atoms with Crippen molar-refractivity contribution in [2.75, 3.05) is 12.5 Å². The fourth-order valence-corrected chi connectivity index (χ4v) is 3.02. The molecule has 0 fully saturated rings. The van der Waals surface area contributed by atoms with Crippen LogP contribution in [0.3, 0.4) is 0 Å². The maximum Gasteiger partial charge on any atom is 0.231 e. The zero-order valence-corrected chi connectivity index (χ0v) is 12.2. The minimum absolute atomic E-state index is 0.0102. The molecule has 22 heavy (non-hydrogen) atoms. The van der Waals surface area contributed by atoms with Crippen LogP contribution in [-0.4, -0.2) is 32.9 Å². The molecule has 1 aliphatic rings. The molecule has 3 heterocycles. The molecule has 1 aromatic carbocycles. The summed E-state index contributed by atoms with van der Waals surface area (Å²) in [5.41, 5.74) is 1.37. The lowest BCUT2D eigenvalue weighted by Crippen LogP contribution is -2.03. The third kappa shape index (κ3) is 2.29. The number of carbonyl (C=O) groups excluding carboxylic acids is 1. The van der Waals surface area contributed by atoms with Gasteiger partial charge in [0.05, 0.1) is 5.75 Å². The molecule has 3 aromatic rings. The number of ketones is 1. The van der Waals surface area contributed by atoms with Gasteiger partial charge in [-0.3, -0.25) is 9.20 Å². The third-order valence-electron chi connectivity index (χ3n) is 3.31. The normalized spacial score (nSPS) is 12.7. The molecular formula is C15H11N3O3S. The molecule has 4 rings (SSSR count). The summed E-state index contributed by atoms with van der Waals surface area (Å²) in [6, 6.07) is 10.9. The summed E-state index contributed by atoms with van der Waals surface area (Å²) >= 11 is 1.36. The van der Waals surface area contributed by atoms with Gasteiger partial charge in [-0.25, -0.2) is 0 Å². The van der Waals surface area contributed by atoms with Crippen molar-refractivity contribution in [1.82, 2.24) is 14.6 Å². The number of fused-ring (bicyclic) bond motifs is 2. The summed E-state index contributed by atoms with van der Waals surface area (Å²) in [6.45, 7) is 0.202. The van der Waals surface area contributed by atoms with E-state index in [2.05, 4.69) is 10.2 Å². The Kier molecular flexibility index (Phi) is 3.19. The molecule has 1 aliphatic heterocycles. The monoisotopic (exact) mass is 313 g/mol. The van der Waals surface area contributed by atoms with Crippen molar-refractivity contribution in [3.05, 3.63) is 48.2 Å². The summed E-state index contributed by atoms with van der Waals surface area (Å²) in [5.74, 6) is 1.59. The van der Waals surface area contributed by atoms with Crippen LogP contribution < -0.4 is 9.47 Å². The van der Waals surface area contributed by atoms with Crippen molar-refractivity contribution >= 4 is 23.2 Å². The van der Waals surface area contributed by atoms with E-state index in [0.717, 1.165) is 5.65 Å². The molecule has 0 aliphatic carbocycles. The standard InChI is InChI=1S/C15H11N3O3S/c19-11(10-4-5-12-13(7-10)21-9-20-12)8-22-15-17-16-14-3-1-2-6-18(14)15/h1-7H,8-9H2. The average Bonchev–Trinajstić information content (AvgIpc) is 3.18. The number of carbonyl (C=O) groups is 1. The minimum atomic E-state index is 0.0102. The van der Waals surface area contributed by atoms with E-state index >= 15 is 0 Å². The Hall–Kier alpha value is -2.54. The van der Waals surface area contributed by atoms with Gasteiger partial charge in [0.25, 0.3) is 0 Å². The Balaban J connectivity index is 1.50. The molecule has 0 saturated carbocycles. The van der Waals surface area contributed by atoms with E-state index in [9.17, 15) is 4.79 Å². The number of aromatic nitrogens is 3. The molecule has 0 atom stereocenters. The van der Waals surface area contributed by atoms with Gasteiger partial charge in [-0.2, -0.15) is 0 Å². The molecule has 0 saturated heterocycles. The van der Waals surface area contributed by atoms with Crippen LogP contribution in [0.2, 0.25) is 0 Å². The van der Waals surface area contributed by atoms with E-state index in [1.807, 2.05) is 28.8 Å². The number of Topliss-reactive ketones (excluding diaryl/α,β-unsaturated/α-hetero) is 1. The molecule has 0 amide bonds. The second-order valence-corrected chi connectivity index (χ2v) is 5.63. The van der Waals surface area contributed by atoms with Crippen molar-refractivity contribution in [2.45, 2.75) is 5.16 Å². The third-order valence-corrected chi connectivity index (χ3v) is 4.25. The van der Waals surface area contributed by atoms with Crippen LogP contribution >= 0.6 is 11.8 Å². The predicted octanol–water partition coefficient (Wildman–Crippen LogP) is 2.43. The van der Waals surface area contributed by atoms with Crippen LogP contribution in [0.15, 0.2) is 47.8 Å². The van der Waals surface area contributed by atoms with Crippen LogP contribution in [0.1, 0.15) is 10.4 Å². The van der Waals surface area contributed by atoms with Crippen molar-refractivity contribution < 1.29 is 14.3 Å². The van der Waals surface area contributed by atoms with Crippen LogP contribution in [0.4, 0.5) is 0 Å². The van der Waals surface area contributed by atoms with E-state index in [1.165, 1.54) is 11.8 Å². The molecule has 7 heteroatoms. The van der Waals surface area contributed by atoms with E-state index in [-0.39, 0.29) is 18.3 Å². The number of rotatable bonds is 4. The average molecular weight is 313 g/mol. The molecule has 0 spiro atoms. The topological polar surface area (TPSA) is 65.7 Å². The molecule has 2 aromatic heterocycles. The number of pyridine rings is 1. The molecule has 6 nitrogen and oxygen atoms in total. The summed E-state index contributed by atoms with van der Waals surface area (Å²) in [7, 11) is 0. The van der Waals surface area contributed by atoms with Crippen molar-refractivity contribution in [3.63, 3.8) is 0 Å². The van der Waals surface area contributed by atoms with Gasteiger partial charge in [0.1, 0.15) is 0 Å². The van der Waals surface area contributed by atoms with Crippen LogP contribution in [0, 0.1) is 0 Å². The largest absolute Gasteiger partial charge is 0.454 e. The second-order valence-electron chi connectivity index (χ2n) is 4.69. The van der Waals surface area contributed by atoms with E-state index in [0.29, 0.717) is 22.2 Å². The van der Waals surface area contributed by atoms with Gasteiger partial charge in [-0.15, -0.1) is 10.2 Å². The summed E-state index contributed by atoms with van der Waals surface area (Å²) in [6.07, 6.45) is 1.88. The van der Waals surface area contributed by atoms with Crippen molar-refractivity contribution in [3.8, 4) is 11.5 Å². The first-order valence-corrected chi connectivity index (χ1v) is 7.65. The lowest BCUT2D eigenvalue weighted by atomic mass is 10.1. The molecule has 0 bridgehead atoms. The zero-order valence-electron chi connectivity index (χ0n) is 11.4. The number of hydrogen-bond acceptors (Lipinski definition) is 6. The maximum absolute atomic E-state index is 12.3. The summed E-state index contributed by atoms with van der Waals surface area (Å²) < 4.78 is 12.4. The minimum Gasteiger partial charge on any atom is -0.454 e. The maximum atomic E-state index is 12.3. The first kappa shape index (κ1) is 13.1. The smallest absolute Gasteiger partial charge is 0.231 e. The molecule has 0 radical (unpaired) electrons. The molecular weight excluding hydrogens is 302 g/mol. The highest BCUT2D eigenvalue weighted by Crippen LogP contribution is 2.33. The van der Waals surface area contributed by atoms with Gasteiger partial charge in [0, 0.05) is 11.8 Å². The number of benzene rings is 1. The van der Waals surface area contributed by atoms with Crippen LogP contribution in [0.5, 0.6) is 11.5 Å². The van der Waals surface area contributed by atoms with Gasteiger partial charge >= 0.3 is 0 Å². The van der Waals surface area contributed by atoms with E-state index in [1.54, 1.807) is 18.2 Å². The summed E-state index contributed by atoms with van der Waals surface area (Å²) in [4.78, 5) is 12.3. The van der Waals surface area contributed by atoms with Gasteiger partial charge in [0.15, 0.2) is 28.1 Å². The van der Waals surface area contributed by atoms with Gasteiger partial charge < -0.3 is 9.47 Å². The first-order chi connectivity index (χ1) is 10.8. The number of thioether (sulfide) groups is 1. The number of nitrogens with zero attached hydrogens (tertiary/aromatic N) is 3. The molecule has 110 valence electrons. The Labute approximate surface area is 130 Å². The highest BCUT2D eigenvalue weighted by Gasteiger charge is 2.17. The summed E-state index contributed by atoms with van der Waals surface area (Å²) in [5, 5.41) is 8.86. The lowest BCUT2D eigenvalue weighted by molar-refractivity contribution is 0.102. The van der Waals surface area contributed by atoms with Gasteiger partial charge in [0.2, 0.25) is 6.79 Å². The zero-order chi connectivity index (χ0) is 14.9. The quantitative estimate of drug-likeness (QED) is 0.544. The predicted molar refractivity (Wildman–Crippen MR) is 80.6 cm³/mol. The van der Waals surface area contributed by atoms with Crippen molar-refractivity contribution in [2.24, 2.45) is 0 Å². The highest BCUT2D eigenvalue weighted by molar-refractivity contribution is 7.99. The van der Waals surface area contributed by atoms with Gasteiger partial charge in [-0.1, -0.05) is 17.8 Å². The van der Waals surface area contributed by atoms with Gasteiger partial charge in [-0.05, 0) is 30.3 Å². The lowest BCUT2D eigenvalue weighted by Gasteiger charge is -2.02. The van der Waals surface area contributed by atoms with Crippen LogP contribution in [0.25, 0.3) is 5.65 Å². The van der Waals surface area contributed by atoms with E-state index < -0.39 is 0 Å². The Morgan fingerprint density at radius 2 is 2.09 bits per heavy atom. The Morgan fingerprint density at radius 3 is 3.05 bits per heavy atom. The van der Waals surface area contributed by atoms with E-state index in [4.69, 9.17) is 9.47 Å². The fourth-order valence-electron chi connectivity index (χ4n) is 2.20. The second kappa shape index (κ2) is 5.34. The SMILES string of the molecule is O=C(CSc1nnc2ccccn12)c1ccc2c(c1)OCO2. The van der Waals surface area contributed by atoms with Crippen LogP contribution in [-0.2, 0) is 0 Å². The molecule has 0 N–H and O–H groups in total. The Morgan fingerprint density at radius 1 is 1.18 bits per heavy atom. The fraction of sp³-hybridized carbons (Fsp3) is 0.133. The number of ether oxygens (including phenoxy) is 2. The number of hydrogen-bond donors (Lipinski definition) is 0. The Bertz CT molecular complexity index is 862. The highest BCUT2D eigenvalue weighted by atomic mass is 32.2. The molecule has 0 unspecified atom stereocenters.